The zero-order valence-electron chi connectivity index (χ0n) is 15.2. The number of carbonyl (C=O) groups excluding carboxylic acids is 1. The highest BCUT2D eigenvalue weighted by Crippen LogP contribution is 2.26. The smallest absolute Gasteiger partial charge is 0.234 e. The van der Waals surface area contributed by atoms with Crippen molar-refractivity contribution in [1.82, 2.24) is 15.3 Å². The van der Waals surface area contributed by atoms with Crippen molar-refractivity contribution in [2.45, 2.75) is 50.6 Å². The van der Waals surface area contributed by atoms with Crippen LogP contribution in [0, 0.1) is 17.2 Å². The number of amides is 1. The van der Waals surface area contributed by atoms with Crippen molar-refractivity contribution in [3.63, 3.8) is 0 Å². The normalized spacial score (nSPS) is 14.8. The Labute approximate surface area is 152 Å². The van der Waals surface area contributed by atoms with Crippen LogP contribution in [0.3, 0.4) is 0 Å². The van der Waals surface area contributed by atoms with Crippen LogP contribution in [0.15, 0.2) is 23.4 Å². The number of hydrogen-bond acceptors (Lipinski definition) is 5. The van der Waals surface area contributed by atoms with Crippen LogP contribution >= 0.6 is 11.8 Å². The lowest BCUT2D eigenvalue weighted by molar-refractivity contribution is -0.121. The highest BCUT2D eigenvalue weighted by Gasteiger charge is 2.32. The monoisotopic (exact) mass is 360 g/mol. The summed E-state index contributed by atoms with van der Waals surface area (Å²) >= 11 is 1.33. The summed E-state index contributed by atoms with van der Waals surface area (Å²) < 4.78 is 5.48. The molecular weight excluding hydrogens is 336 g/mol. The number of aromatic amines is 1. The maximum absolute atomic E-state index is 12.4. The lowest BCUT2D eigenvalue weighted by Crippen LogP contribution is -2.51. The molecule has 0 fully saturated rings. The largest absolute Gasteiger partial charge is 0.494 e. The molecule has 1 aromatic carbocycles. The Bertz CT molecular complexity index is 796. The Kier molecular flexibility index (Phi) is 5.96. The minimum atomic E-state index is -0.883. The Morgan fingerprint density at radius 3 is 2.80 bits per heavy atom. The van der Waals surface area contributed by atoms with E-state index in [4.69, 9.17) is 4.74 Å². The highest BCUT2D eigenvalue weighted by molar-refractivity contribution is 8.00. The van der Waals surface area contributed by atoms with Crippen LogP contribution < -0.4 is 10.1 Å². The van der Waals surface area contributed by atoms with E-state index in [0.29, 0.717) is 11.8 Å². The molecule has 0 bridgehead atoms. The number of benzene rings is 1. The molecule has 0 aliphatic heterocycles. The number of hydrogen-bond donors (Lipinski definition) is 2. The molecule has 2 atom stereocenters. The third kappa shape index (κ3) is 4.45. The number of nitriles is 1. The number of fused-ring (bicyclic) bond motifs is 1. The number of H-pyrrole nitrogens is 1. The van der Waals surface area contributed by atoms with Gasteiger partial charge in [0.25, 0.3) is 0 Å². The molecule has 1 aromatic heterocycles. The number of thioether (sulfide) groups is 1. The van der Waals surface area contributed by atoms with Gasteiger partial charge in [0, 0.05) is 6.07 Å². The molecule has 2 N–H and O–H groups in total. The van der Waals surface area contributed by atoms with Crippen molar-refractivity contribution in [1.29, 1.82) is 5.26 Å². The van der Waals surface area contributed by atoms with Crippen molar-refractivity contribution in [3.05, 3.63) is 18.2 Å². The predicted molar refractivity (Wildman–Crippen MR) is 99.6 cm³/mol. The number of rotatable bonds is 7. The van der Waals surface area contributed by atoms with Crippen molar-refractivity contribution >= 4 is 28.7 Å². The second-order valence-corrected chi connectivity index (χ2v) is 7.70. The summed E-state index contributed by atoms with van der Waals surface area (Å²) in [5, 5.41) is 12.5. The minimum Gasteiger partial charge on any atom is -0.494 e. The van der Waals surface area contributed by atoms with Crippen LogP contribution in [-0.2, 0) is 4.79 Å². The molecule has 6 nitrogen and oxygen atoms in total. The predicted octanol–water partition coefficient (Wildman–Crippen LogP) is 3.50. The first-order valence-electron chi connectivity index (χ1n) is 8.31. The first-order chi connectivity index (χ1) is 11.8. The molecule has 0 saturated carbocycles. The highest BCUT2D eigenvalue weighted by atomic mass is 32.2. The van der Waals surface area contributed by atoms with Gasteiger partial charge in [0.2, 0.25) is 5.91 Å². The van der Waals surface area contributed by atoms with Gasteiger partial charge in [-0.3, -0.25) is 4.79 Å². The molecule has 0 spiro atoms. The Hall–Kier alpha value is -2.20. The molecule has 2 rings (SSSR count). The summed E-state index contributed by atoms with van der Waals surface area (Å²) in [5.74, 6) is 0.614. The number of imidazole rings is 1. The third-order valence-corrected chi connectivity index (χ3v) is 5.15. The maximum Gasteiger partial charge on any atom is 0.234 e. The minimum absolute atomic E-state index is 0.0156. The molecule has 25 heavy (non-hydrogen) atoms. The van der Waals surface area contributed by atoms with Gasteiger partial charge in [-0.1, -0.05) is 25.6 Å². The number of nitrogens with one attached hydrogen (secondary N) is 2. The molecule has 1 heterocycles. The van der Waals surface area contributed by atoms with Crippen LogP contribution in [0.5, 0.6) is 5.75 Å². The van der Waals surface area contributed by atoms with Gasteiger partial charge in [-0.15, -0.1) is 0 Å². The zero-order valence-corrected chi connectivity index (χ0v) is 16.0. The average Bonchev–Trinajstić information content (AvgIpc) is 2.96. The number of carbonyl (C=O) groups is 1. The van der Waals surface area contributed by atoms with E-state index < -0.39 is 5.54 Å². The quantitative estimate of drug-likeness (QED) is 0.738. The second kappa shape index (κ2) is 7.79. The Balaban J connectivity index is 2.09. The molecule has 0 radical (unpaired) electrons. The summed E-state index contributed by atoms with van der Waals surface area (Å²) in [4.78, 5) is 20.1. The van der Waals surface area contributed by atoms with E-state index in [0.717, 1.165) is 16.8 Å². The topological polar surface area (TPSA) is 90.8 Å². The van der Waals surface area contributed by atoms with Gasteiger partial charge in [0.1, 0.15) is 11.3 Å². The fourth-order valence-corrected chi connectivity index (χ4v) is 2.98. The summed E-state index contributed by atoms with van der Waals surface area (Å²) in [6.45, 7) is 9.91. The molecule has 0 saturated heterocycles. The van der Waals surface area contributed by atoms with Crippen molar-refractivity contribution in [3.8, 4) is 11.8 Å². The fraction of sp³-hybridized carbons (Fsp3) is 0.500. The van der Waals surface area contributed by atoms with Crippen molar-refractivity contribution in [2.24, 2.45) is 5.92 Å². The molecular formula is C18H24N4O2S. The van der Waals surface area contributed by atoms with Crippen molar-refractivity contribution in [2.75, 3.05) is 6.61 Å². The molecule has 2 aromatic rings. The first-order valence-corrected chi connectivity index (χ1v) is 9.19. The second-order valence-electron chi connectivity index (χ2n) is 6.37. The van der Waals surface area contributed by atoms with E-state index in [1.54, 1.807) is 13.8 Å². The third-order valence-electron chi connectivity index (χ3n) is 4.17. The van der Waals surface area contributed by atoms with E-state index in [9.17, 15) is 10.1 Å². The van der Waals surface area contributed by atoms with Crippen LogP contribution in [0.4, 0.5) is 0 Å². The summed E-state index contributed by atoms with van der Waals surface area (Å²) in [6.07, 6.45) is 0. The lowest BCUT2D eigenvalue weighted by atomic mass is 9.90. The van der Waals surface area contributed by atoms with E-state index in [2.05, 4.69) is 21.4 Å². The molecule has 7 heteroatoms. The molecule has 1 amide bonds. The van der Waals surface area contributed by atoms with Gasteiger partial charge in [0.05, 0.1) is 29.0 Å². The lowest BCUT2D eigenvalue weighted by Gasteiger charge is -2.28. The number of nitrogens with zero attached hydrogens (tertiary/aromatic N) is 2. The van der Waals surface area contributed by atoms with Gasteiger partial charge < -0.3 is 15.0 Å². The van der Waals surface area contributed by atoms with Gasteiger partial charge in [-0.05, 0) is 38.8 Å². The summed E-state index contributed by atoms with van der Waals surface area (Å²) in [6, 6.07) is 7.84. The molecule has 0 aliphatic carbocycles. The number of ether oxygens (including phenoxy) is 1. The standard InChI is InChI=1S/C18H24N4O2S/c1-6-24-13-7-8-14-15(9-13)21-17(20-14)25-12(4)16(23)22-18(5,10-19)11(2)3/h7-9,11-12H,6H2,1-5H3,(H,20,21)(H,22,23). The summed E-state index contributed by atoms with van der Waals surface area (Å²) in [5.41, 5.74) is 0.805. The van der Waals surface area contributed by atoms with E-state index >= 15 is 0 Å². The first kappa shape index (κ1) is 19.1. The van der Waals surface area contributed by atoms with Crippen LogP contribution in [0.1, 0.15) is 34.6 Å². The van der Waals surface area contributed by atoms with Gasteiger partial charge in [-0.2, -0.15) is 5.26 Å². The Morgan fingerprint density at radius 2 is 2.20 bits per heavy atom. The van der Waals surface area contributed by atoms with E-state index in [1.165, 1.54) is 11.8 Å². The van der Waals surface area contributed by atoms with Gasteiger partial charge >= 0.3 is 0 Å². The molecule has 0 aliphatic rings. The van der Waals surface area contributed by atoms with E-state index in [1.807, 2.05) is 39.0 Å². The zero-order chi connectivity index (χ0) is 18.6. The fourth-order valence-electron chi connectivity index (χ4n) is 2.16. The average molecular weight is 360 g/mol. The van der Waals surface area contributed by atoms with Crippen molar-refractivity contribution < 1.29 is 9.53 Å². The van der Waals surface area contributed by atoms with Crippen LogP contribution in [0.25, 0.3) is 11.0 Å². The number of aromatic nitrogens is 2. The van der Waals surface area contributed by atoms with Gasteiger partial charge in [-0.25, -0.2) is 4.98 Å². The molecule has 134 valence electrons. The van der Waals surface area contributed by atoms with E-state index in [-0.39, 0.29) is 17.1 Å². The van der Waals surface area contributed by atoms with Crippen LogP contribution in [0.2, 0.25) is 0 Å². The molecule has 2 unspecified atom stereocenters. The van der Waals surface area contributed by atoms with Gasteiger partial charge in [0.15, 0.2) is 5.16 Å². The Morgan fingerprint density at radius 1 is 1.48 bits per heavy atom. The summed E-state index contributed by atoms with van der Waals surface area (Å²) in [7, 11) is 0. The van der Waals surface area contributed by atoms with Crippen LogP contribution in [-0.4, -0.2) is 33.3 Å². The SMILES string of the molecule is CCOc1ccc2nc(SC(C)C(=O)NC(C)(C#N)C(C)C)[nH]c2c1. The maximum atomic E-state index is 12.4.